The summed E-state index contributed by atoms with van der Waals surface area (Å²) in [7, 11) is 0. The Kier molecular flexibility index (Phi) is 7.06. The van der Waals surface area contributed by atoms with Crippen LogP contribution in [0.5, 0.6) is 0 Å². The lowest BCUT2D eigenvalue weighted by Crippen LogP contribution is -2.38. The number of hydrogen-bond acceptors (Lipinski definition) is 5. The number of benzene rings is 2. The van der Waals surface area contributed by atoms with E-state index in [0.29, 0.717) is 11.4 Å². The van der Waals surface area contributed by atoms with Crippen LogP contribution in [0.4, 0.5) is 11.4 Å². The van der Waals surface area contributed by atoms with Gasteiger partial charge in [-0.25, -0.2) is 0 Å². The summed E-state index contributed by atoms with van der Waals surface area (Å²) in [5.74, 6) is 1.58. The molecule has 3 atom stereocenters. The van der Waals surface area contributed by atoms with Gasteiger partial charge in [-0.3, -0.25) is 0 Å². The number of likely N-dealkylation sites (tertiary alicyclic amines) is 1. The number of nitrogens with one attached hydrogen (secondary N) is 1. The Morgan fingerprint density at radius 1 is 1.00 bits per heavy atom. The summed E-state index contributed by atoms with van der Waals surface area (Å²) < 4.78 is 0. The maximum absolute atomic E-state index is 6.21. The summed E-state index contributed by atoms with van der Waals surface area (Å²) in [6.45, 7) is 4.92. The van der Waals surface area contributed by atoms with E-state index in [1.165, 1.54) is 63.8 Å². The minimum atomic E-state index is 0.470. The maximum Gasteiger partial charge on any atom is 0.0835 e. The molecule has 170 valence electrons. The van der Waals surface area contributed by atoms with Gasteiger partial charge in [-0.05, 0) is 87.3 Å². The maximum atomic E-state index is 6.21. The topological polar surface area (TPSA) is 44.5 Å². The quantitative estimate of drug-likeness (QED) is 0.513. The molecule has 3 unspecified atom stereocenters. The van der Waals surface area contributed by atoms with Gasteiger partial charge in [0.2, 0.25) is 0 Å². The van der Waals surface area contributed by atoms with Gasteiger partial charge in [0.25, 0.3) is 0 Å². The van der Waals surface area contributed by atoms with Gasteiger partial charge < -0.3 is 20.9 Å². The van der Waals surface area contributed by atoms with Crippen LogP contribution in [-0.4, -0.2) is 42.5 Å². The van der Waals surface area contributed by atoms with Gasteiger partial charge in [-0.2, -0.15) is 0 Å². The molecule has 3 aliphatic rings. The van der Waals surface area contributed by atoms with Crippen LogP contribution in [0.25, 0.3) is 0 Å². The number of nitrogens with zero attached hydrogens (tertiary/aromatic N) is 2. The molecule has 4 nitrogen and oxygen atoms in total. The van der Waals surface area contributed by atoms with E-state index in [1.807, 2.05) is 23.9 Å². The van der Waals surface area contributed by atoms with Crippen molar-refractivity contribution in [1.82, 2.24) is 10.2 Å². The first-order valence-electron chi connectivity index (χ1n) is 12.2. The first kappa shape index (κ1) is 21.9. The molecule has 0 spiro atoms. The second kappa shape index (κ2) is 10.3. The molecule has 2 aliphatic heterocycles. The number of rotatable bonds is 9. The van der Waals surface area contributed by atoms with Gasteiger partial charge in [0.05, 0.1) is 16.7 Å². The van der Waals surface area contributed by atoms with Crippen molar-refractivity contribution in [1.29, 1.82) is 0 Å². The van der Waals surface area contributed by atoms with E-state index in [2.05, 4.69) is 69.2 Å². The summed E-state index contributed by atoms with van der Waals surface area (Å²) >= 11 is 1.92. The number of hydrogen-bond donors (Lipinski definition) is 2. The number of piperidine rings is 1. The third-order valence-electron chi connectivity index (χ3n) is 7.30. The van der Waals surface area contributed by atoms with Crippen molar-refractivity contribution in [3.63, 3.8) is 0 Å². The van der Waals surface area contributed by atoms with Crippen molar-refractivity contribution >= 4 is 23.1 Å². The van der Waals surface area contributed by atoms with Crippen LogP contribution in [-0.2, 0) is 0 Å². The normalized spacial score (nSPS) is 26.0. The third kappa shape index (κ3) is 5.33. The molecule has 1 aliphatic carbocycles. The Hall–Kier alpha value is -1.95. The predicted molar refractivity (Wildman–Crippen MR) is 138 cm³/mol. The van der Waals surface area contributed by atoms with Crippen LogP contribution < -0.4 is 16.0 Å². The molecule has 0 bridgehead atoms. The zero-order valence-electron chi connectivity index (χ0n) is 18.9. The minimum Gasteiger partial charge on any atom is -0.397 e. The molecule has 1 saturated carbocycles. The highest BCUT2D eigenvalue weighted by atomic mass is 32.2. The zero-order chi connectivity index (χ0) is 21.8. The molecular weight excluding hydrogens is 412 g/mol. The Morgan fingerprint density at radius 2 is 1.78 bits per heavy atom. The second-order valence-corrected chi connectivity index (χ2v) is 10.6. The van der Waals surface area contributed by atoms with Crippen LogP contribution in [0, 0.1) is 5.92 Å². The van der Waals surface area contributed by atoms with Gasteiger partial charge in [0, 0.05) is 18.2 Å². The van der Waals surface area contributed by atoms with Gasteiger partial charge >= 0.3 is 0 Å². The molecule has 2 fully saturated rings. The average molecular weight is 449 g/mol. The molecule has 32 heavy (non-hydrogen) atoms. The number of para-hydroxylation sites is 2. The fourth-order valence-corrected chi connectivity index (χ4v) is 6.23. The summed E-state index contributed by atoms with van der Waals surface area (Å²) in [5.41, 5.74) is 9.71. The van der Waals surface area contributed by atoms with Gasteiger partial charge in [0.15, 0.2) is 0 Å². The smallest absolute Gasteiger partial charge is 0.0835 e. The van der Waals surface area contributed by atoms with E-state index in [9.17, 15) is 0 Å². The number of nitrogen functional groups attached to an aromatic ring is 1. The minimum absolute atomic E-state index is 0.470. The number of thioether (sulfide) groups is 1. The number of anilines is 2. The van der Waals surface area contributed by atoms with Crippen molar-refractivity contribution in [2.45, 2.75) is 49.4 Å². The van der Waals surface area contributed by atoms with Gasteiger partial charge in [-0.1, -0.05) is 42.5 Å². The Balaban J connectivity index is 0.985. The average Bonchev–Trinajstić information content (AvgIpc) is 3.47. The monoisotopic (exact) mass is 448 g/mol. The van der Waals surface area contributed by atoms with E-state index >= 15 is 0 Å². The Bertz CT molecular complexity index is 894. The lowest BCUT2D eigenvalue weighted by atomic mass is 9.96. The Morgan fingerprint density at radius 3 is 2.59 bits per heavy atom. The van der Waals surface area contributed by atoms with E-state index in [4.69, 9.17) is 5.73 Å². The lowest BCUT2D eigenvalue weighted by Gasteiger charge is -2.33. The molecule has 2 aromatic carbocycles. The van der Waals surface area contributed by atoms with Crippen LogP contribution in [0.1, 0.15) is 43.6 Å². The molecule has 2 heterocycles. The molecule has 1 saturated heterocycles. The lowest BCUT2D eigenvalue weighted by molar-refractivity contribution is 0.179. The van der Waals surface area contributed by atoms with Crippen LogP contribution in [0.3, 0.4) is 0 Å². The molecule has 3 N–H and O–H groups in total. The van der Waals surface area contributed by atoms with Gasteiger partial charge in [-0.15, -0.1) is 11.8 Å². The molecule has 0 radical (unpaired) electrons. The van der Waals surface area contributed by atoms with Gasteiger partial charge in [0.1, 0.15) is 0 Å². The van der Waals surface area contributed by atoms with Crippen LogP contribution in [0.15, 0.2) is 66.2 Å². The van der Waals surface area contributed by atoms with Crippen molar-refractivity contribution in [3.05, 3.63) is 71.8 Å². The number of nitrogens with two attached hydrogens (primary N) is 1. The molecular formula is C27H36N4S. The summed E-state index contributed by atoms with van der Waals surface area (Å²) in [6, 6.07) is 19.9. The predicted octanol–water partition coefficient (Wildman–Crippen LogP) is 5.26. The SMILES string of the molecule is Nc1ccccc1N1C=CSC1CCCN1CCC(CNC2CC2c2ccccc2)CC1. The molecule has 5 heteroatoms. The van der Waals surface area contributed by atoms with Crippen LogP contribution >= 0.6 is 11.8 Å². The Labute approximate surface area is 197 Å². The molecule has 5 rings (SSSR count). The third-order valence-corrected chi connectivity index (χ3v) is 8.36. The van der Waals surface area contributed by atoms with E-state index in [1.54, 1.807) is 0 Å². The van der Waals surface area contributed by atoms with E-state index in [-0.39, 0.29) is 0 Å². The highest BCUT2D eigenvalue weighted by molar-refractivity contribution is 8.03. The summed E-state index contributed by atoms with van der Waals surface area (Å²) in [5, 5.41) is 6.53. The van der Waals surface area contributed by atoms with Crippen molar-refractivity contribution in [2.24, 2.45) is 5.92 Å². The second-order valence-electron chi connectivity index (χ2n) is 9.54. The summed E-state index contributed by atoms with van der Waals surface area (Å²) in [4.78, 5) is 5.02. The van der Waals surface area contributed by atoms with E-state index < -0.39 is 0 Å². The van der Waals surface area contributed by atoms with Crippen molar-refractivity contribution < 1.29 is 0 Å². The fraction of sp³-hybridized carbons (Fsp3) is 0.481. The van der Waals surface area contributed by atoms with Crippen molar-refractivity contribution in [2.75, 3.05) is 36.8 Å². The summed E-state index contributed by atoms with van der Waals surface area (Å²) in [6.07, 6.45) is 8.59. The molecule has 0 amide bonds. The van der Waals surface area contributed by atoms with E-state index in [0.717, 1.165) is 23.2 Å². The fourth-order valence-electron chi connectivity index (χ4n) is 5.23. The standard InChI is InChI=1S/C27H36N4S/c28-24-9-4-5-10-26(24)31-17-18-32-27(31)11-6-14-30-15-12-21(13-16-30)20-29-25-19-23(25)22-7-2-1-3-8-22/h1-5,7-10,17-18,21,23,25,27,29H,6,11-16,19-20,28H2. The molecule has 2 aromatic rings. The highest BCUT2D eigenvalue weighted by Gasteiger charge is 2.38. The zero-order valence-corrected chi connectivity index (χ0v) is 19.7. The first-order valence-corrected chi connectivity index (χ1v) is 13.2. The largest absolute Gasteiger partial charge is 0.397 e. The first-order chi connectivity index (χ1) is 15.8. The van der Waals surface area contributed by atoms with Crippen LogP contribution in [0.2, 0.25) is 0 Å². The highest BCUT2D eigenvalue weighted by Crippen LogP contribution is 2.41. The van der Waals surface area contributed by atoms with Crippen molar-refractivity contribution in [3.8, 4) is 0 Å². The molecule has 0 aromatic heterocycles.